The van der Waals surface area contributed by atoms with Crippen molar-refractivity contribution in [1.82, 2.24) is 15.2 Å². The molecule has 2 heterocycles. The number of likely N-dealkylation sites (N-methyl/N-ethyl adjacent to an activating group) is 1. The van der Waals surface area contributed by atoms with Crippen LogP contribution in [0.1, 0.15) is 12.6 Å². The van der Waals surface area contributed by atoms with E-state index in [-0.39, 0.29) is 0 Å². The molecule has 1 fully saturated rings. The number of pyridine rings is 1. The van der Waals surface area contributed by atoms with Crippen LogP contribution in [0.5, 0.6) is 0 Å². The van der Waals surface area contributed by atoms with Crippen molar-refractivity contribution in [3.05, 3.63) is 23.9 Å². The van der Waals surface area contributed by atoms with E-state index < -0.39 is 0 Å². The van der Waals surface area contributed by atoms with Crippen LogP contribution in [0.15, 0.2) is 18.2 Å². The lowest BCUT2D eigenvalue weighted by molar-refractivity contribution is 0.233. The number of hydrogen-bond donors (Lipinski definition) is 1. The van der Waals surface area contributed by atoms with E-state index in [0.717, 1.165) is 37.7 Å². The third-order valence-electron chi connectivity index (χ3n) is 3.43. The first-order valence-electron chi connectivity index (χ1n) is 6.26. The van der Waals surface area contributed by atoms with Crippen molar-refractivity contribution in [3.63, 3.8) is 0 Å². The minimum Gasteiger partial charge on any atom is -0.354 e. The van der Waals surface area contributed by atoms with Gasteiger partial charge in [-0.3, -0.25) is 0 Å². The molecule has 1 aromatic heterocycles. The SMILES string of the molecule is CNCc1cccc(N2CCN(C)C(C)C2)n1. The van der Waals surface area contributed by atoms with Gasteiger partial charge in [0.05, 0.1) is 5.69 Å². The van der Waals surface area contributed by atoms with E-state index in [4.69, 9.17) is 4.98 Å². The number of nitrogens with one attached hydrogen (secondary N) is 1. The molecule has 0 aromatic carbocycles. The van der Waals surface area contributed by atoms with Gasteiger partial charge in [-0.25, -0.2) is 4.98 Å². The van der Waals surface area contributed by atoms with E-state index in [0.29, 0.717) is 6.04 Å². The van der Waals surface area contributed by atoms with E-state index in [1.807, 2.05) is 7.05 Å². The molecule has 1 aromatic rings. The van der Waals surface area contributed by atoms with Crippen LogP contribution in [0.2, 0.25) is 0 Å². The van der Waals surface area contributed by atoms with Gasteiger partial charge in [0, 0.05) is 32.2 Å². The highest BCUT2D eigenvalue weighted by Crippen LogP contribution is 2.16. The quantitative estimate of drug-likeness (QED) is 0.843. The zero-order valence-corrected chi connectivity index (χ0v) is 11.0. The second-order valence-corrected chi connectivity index (χ2v) is 4.79. The maximum atomic E-state index is 4.69. The van der Waals surface area contributed by atoms with Crippen LogP contribution in [-0.4, -0.2) is 49.7 Å². The topological polar surface area (TPSA) is 31.4 Å². The Labute approximate surface area is 104 Å². The van der Waals surface area contributed by atoms with Crippen LogP contribution < -0.4 is 10.2 Å². The van der Waals surface area contributed by atoms with Gasteiger partial charge in [0.2, 0.25) is 0 Å². The highest BCUT2D eigenvalue weighted by Gasteiger charge is 2.21. The summed E-state index contributed by atoms with van der Waals surface area (Å²) in [5.41, 5.74) is 1.11. The van der Waals surface area contributed by atoms with Crippen molar-refractivity contribution in [3.8, 4) is 0 Å². The monoisotopic (exact) mass is 234 g/mol. The highest BCUT2D eigenvalue weighted by molar-refractivity contribution is 5.40. The van der Waals surface area contributed by atoms with Gasteiger partial charge in [-0.05, 0) is 33.2 Å². The van der Waals surface area contributed by atoms with Gasteiger partial charge in [0.1, 0.15) is 5.82 Å². The van der Waals surface area contributed by atoms with E-state index >= 15 is 0 Å². The molecule has 1 atom stereocenters. The Hall–Kier alpha value is -1.13. The first-order valence-corrected chi connectivity index (χ1v) is 6.26. The van der Waals surface area contributed by atoms with Crippen LogP contribution in [0, 0.1) is 0 Å². The first-order chi connectivity index (χ1) is 8.20. The van der Waals surface area contributed by atoms with Crippen molar-refractivity contribution in [1.29, 1.82) is 0 Å². The number of aromatic nitrogens is 1. The molecule has 0 amide bonds. The maximum absolute atomic E-state index is 4.69. The van der Waals surface area contributed by atoms with Crippen molar-refractivity contribution in [2.75, 3.05) is 38.6 Å². The maximum Gasteiger partial charge on any atom is 0.128 e. The standard InChI is InChI=1S/C13H22N4/c1-11-10-17(8-7-16(11)3)13-6-4-5-12(15-13)9-14-2/h4-6,11,14H,7-10H2,1-3H3. The molecule has 1 saturated heterocycles. The zero-order valence-electron chi connectivity index (χ0n) is 11.0. The molecular weight excluding hydrogens is 212 g/mol. The molecule has 94 valence electrons. The number of rotatable bonds is 3. The predicted octanol–water partition coefficient (Wildman–Crippen LogP) is 0.941. The summed E-state index contributed by atoms with van der Waals surface area (Å²) in [5, 5.41) is 3.14. The van der Waals surface area contributed by atoms with Crippen molar-refractivity contribution in [2.24, 2.45) is 0 Å². The lowest BCUT2D eigenvalue weighted by Gasteiger charge is -2.38. The Kier molecular flexibility index (Phi) is 3.97. The van der Waals surface area contributed by atoms with Gasteiger partial charge >= 0.3 is 0 Å². The molecule has 0 spiro atoms. The Morgan fingerprint density at radius 3 is 2.94 bits per heavy atom. The van der Waals surface area contributed by atoms with Crippen LogP contribution in [0.4, 0.5) is 5.82 Å². The summed E-state index contributed by atoms with van der Waals surface area (Å²) in [7, 11) is 4.14. The molecule has 2 rings (SSSR count). The zero-order chi connectivity index (χ0) is 12.3. The molecule has 0 aliphatic carbocycles. The number of hydrogen-bond acceptors (Lipinski definition) is 4. The van der Waals surface area contributed by atoms with Crippen molar-refractivity contribution in [2.45, 2.75) is 19.5 Å². The molecule has 1 unspecified atom stereocenters. The second-order valence-electron chi connectivity index (χ2n) is 4.79. The lowest BCUT2D eigenvalue weighted by atomic mass is 10.2. The fourth-order valence-electron chi connectivity index (χ4n) is 2.18. The number of piperazine rings is 1. The molecular formula is C13H22N4. The number of nitrogens with zero attached hydrogens (tertiary/aromatic N) is 3. The molecule has 0 saturated carbocycles. The fraction of sp³-hybridized carbons (Fsp3) is 0.615. The average Bonchev–Trinajstić information content (AvgIpc) is 2.33. The molecule has 17 heavy (non-hydrogen) atoms. The third-order valence-corrected chi connectivity index (χ3v) is 3.43. The minimum atomic E-state index is 0.596. The van der Waals surface area contributed by atoms with Gasteiger partial charge in [0.15, 0.2) is 0 Å². The van der Waals surface area contributed by atoms with Crippen LogP contribution in [0.25, 0.3) is 0 Å². The van der Waals surface area contributed by atoms with Gasteiger partial charge in [-0.1, -0.05) is 6.07 Å². The van der Waals surface area contributed by atoms with E-state index in [9.17, 15) is 0 Å². The largest absolute Gasteiger partial charge is 0.354 e. The Bertz CT molecular complexity index is 366. The predicted molar refractivity (Wildman–Crippen MR) is 71.3 cm³/mol. The van der Waals surface area contributed by atoms with Crippen LogP contribution >= 0.6 is 0 Å². The Morgan fingerprint density at radius 1 is 1.41 bits per heavy atom. The fourth-order valence-corrected chi connectivity index (χ4v) is 2.18. The van der Waals surface area contributed by atoms with Crippen molar-refractivity contribution < 1.29 is 0 Å². The van der Waals surface area contributed by atoms with E-state index in [1.54, 1.807) is 0 Å². The molecule has 4 nitrogen and oxygen atoms in total. The average molecular weight is 234 g/mol. The summed E-state index contributed by atoms with van der Waals surface area (Å²) in [4.78, 5) is 9.47. The summed E-state index contributed by atoms with van der Waals surface area (Å²) >= 11 is 0. The number of anilines is 1. The van der Waals surface area contributed by atoms with Gasteiger partial charge in [0.25, 0.3) is 0 Å². The first kappa shape index (κ1) is 12.3. The van der Waals surface area contributed by atoms with Gasteiger partial charge in [-0.15, -0.1) is 0 Å². The van der Waals surface area contributed by atoms with Crippen LogP contribution in [0.3, 0.4) is 0 Å². The smallest absolute Gasteiger partial charge is 0.128 e. The normalized spacial score (nSPS) is 21.8. The summed E-state index contributed by atoms with van der Waals surface area (Å²) in [6, 6.07) is 6.87. The lowest BCUT2D eigenvalue weighted by Crippen LogP contribution is -2.50. The van der Waals surface area contributed by atoms with E-state index in [1.165, 1.54) is 0 Å². The molecule has 0 bridgehead atoms. The van der Waals surface area contributed by atoms with Gasteiger partial charge < -0.3 is 15.1 Å². The summed E-state index contributed by atoms with van der Waals surface area (Å²) < 4.78 is 0. The van der Waals surface area contributed by atoms with E-state index in [2.05, 4.69) is 47.3 Å². The molecule has 1 aliphatic heterocycles. The highest BCUT2D eigenvalue weighted by atomic mass is 15.3. The van der Waals surface area contributed by atoms with Crippen LogP contribution in [-0.2, 0) is 6.54 Å². The summed E-state index contributed by atoms with van der Waals surface area (Å²) in [5.74, 6) is 1.11. The Morgan fingerprint density at radius 2 is 2.24 bits per heavy atom. The Balaban J connectivity index is 2.09. The third kappa shape index (κ3) is 2.96. The molecule has 1 aliphatic rings. The minimum absolute atomic E-state index is 0.596. The summed E-state index contributed by atoms with van der Waals surface area (Å²) in [6.07, 6.45) is 0. The molecule has 0 radical (unpaired) electrons. The van der Waals surface area contributed by atoms with Gasteiger partial charge in [-0.2, -0.15) is 0 Å². The second kappa shape index (κ2) is 5.47. The molecule has 1 N–H and O–H groups in total. The summed E-state index contributed by atoms with van der Waals surface area (Å²) in [6.45, 7) is 6.34. The van der Waals surface area contributed by atoms with Crippen molar-refractivity contribution >= 4 is 5.82 Å². The molecule has 4 heteroatoms.